The van der Waals surface area contributed by atoms with Gasteiger partial charge in [-0.25, -0.2) is 9.97 Å². The molecule has 112 valence electrons. The SMILES string of the molecule is CCCNc1nc(-c2ccc(C)cn2)nc(CCC)c1Br. The second-order valence-electron chi connectivity index (χ2n) is 5.05. The second kappa shape index (κ2) is 7.50. The van der Waals surface area contributed by atoms with E-state index in [1.165, 1.54) is 0 Å². The van der Waals surface area contributed by atoms with E-state index in [0.717, 1.165) is 53.0 Å². The Kier molecular flexibility index (Phi) is 5.67. The first-order valence-corrected chi connectivity index (χ1v) is 8.18. The minimum atomic E-state index is 0.681. The molecule has 0 saturated carbocycles. The third-order valence-electron chi connectivity index (χ3n) is 3.09. The number of rotatable bonds is 6. The van der Waals surface area contributed by atoms with E-state index in [1.54, 1.807) is 0 Å². The van der Waals surface area contributed by atoms with Crippen molar-refractivity contribution in [2.24, 2.45) is 0 Å². The molecule has 0 spiro atoms. The smallest absolute Gasteiger partial charge is 0.180 e. The molecule has 0 aliphatic heterocycles. The van der Waals surface area contributed by atoms with Gasteiger partial charge in [-0.1, -0.05) is 26.3 Å². The Labute approximate surface area is 134 Å². The zero-order valence-electron chi connectivity index (χ0n) is 12.8. The van der Waals surface area contributed by atoms with Crippen molar-refractivity contribution in [3.05, 3.63) is 34.1 Å². The average molecular weight is 349 g/mol. The molecule has 0 bridgehead atoms. The zero-order valence-corrected chi connectivity index (χ0v) is 14.4. The van der Waals surface area contributed by atoms with Crippen molar-refractivity contribution >= 4 is 21.7 Å². The zero-order chi connectivity index (χ0) is 15.2. The summed E-state index contributed by atoms with van der Waals surface area (Å²) in [4.78, 5) is 13.7. The Morgan fingerprint density at radius 1 is 1.14 bits per heavy atom. The lowest BCUT2D eigenvalue weighted by atomic mass is 10.2. The van der Waals surface area contributed by atoms with Gasteiger partial charge in [0.2, 0.25) is 0 Å². The summed E-state index contributed by atoms with van der Waals surface area (Å²) in [5.74, 6) is 1.54. The predicted molar refractivity (Wildman–Crippen MR) is 90.5 cm³/mol. The summed E-state index contributed by atoms with van der Waals surface area (Å²) >= 11 is 3.62. The second-order valence-corrected chi connectivity index (χ2v) is 5.85. The molecule has 2 rings (SSSR count). The molecule has 0 aliphatic rings. The molecular weight excluding hydrogens is 328 g/mol. The first-order chi connectivity index (χ1) is 10.2. The fourth-order valence-electron chi connectivity index (χ4n) is 1.97. The van der Waals surface area contributed by atoms with E-state index in [4.69, 9.17) is 0 Å². The van der Waals surface area contributed by atoms with Crippen LogP contribution in [-0.2, 0) is 6.42 Å². The van der Waals surface area contributed by atoms with Crippen molar-refractivity contribution in [2.45, 2.75) is 40.0 Å². The monoisotopic (exact) mass is 348 g/mol. The first-order valence-electron chi connectivity index (χ1n) is 7.39. The maximum Gasteiger partial charge on any atom is 0.180 e. The number of nitrogens with one attached hydrogen (secondary N) is 1. The molecule has 0 aromatic carbocycles. The maximum absolute atomic E-state index is 4.67. The van der Waals surface area contributed by atoms with E-state index in [2.05, 4.69) is 50.0 Å². The number of hydrogen-bond acceptors (Lipinski definition) is 4. The molecule has 5 heteroatoms. The highest BCUT2D eigenvalue weighted by atomic mass is 79.9. The highest BCUT2D eigenvalue weighted by Gasteiger charge is 2.13. The predicted octanol–water partition coefficient (Wildman–Crippen LogP) is 4.38. The van der Waals surface area contributed by atoms with Crippen LogP contribution in [0.4, 0.5) is 5.82 Å². The molecule has 0 fully saturated rings. The number of pyridine rings is 1. The molecule has 0 aliphatic carbocycles. The summed E-state index contributed by atoms with van der Waals surface area (Å²) in [7, 11) is 0. The Morgan fingerprint density at radius 3 is 2.57 bits per heavy atom. The molecule has 0 saturated heterocycles. The van der Waals surface area contributed by atoms with E-state index in [9.17, 15) is 0 Å². The summed E-state index contributed by atoms with van der Waals surface area (Å²) in [6.45, 7) is 7.20. The number of anilines is 1. The third kappa shape index (κ3) is 4.00. The van der Waals surface area contributed by atoms with Gasteiger partial charge in [0.25, 0.3) is 0 Å². The van der Waals surface area contributed by atoms with Gasteiger partial charge in [0.05, 0.1) is 10.2 Å². The number of aromatic nitrogens is 3. The summed E-state index contributed by atoms with van der Waals surface area (Å²) in [6, 6.07) is 4.00. The van der Waals surface area contributed by atoms with Crippen LogP contribution in [0, 0.1) is 6.92 Å². The Morgan fingerprint density at radius 2 is 1.95 bits per heavy atom. The van der Waals surface area contributed by atoms with Crippen LogP contribution in [0.5, 0.6) is 0 Å². The van der Waals surface area contributed by atoms with E-state index < -0.39 is 0 Å². The Hall–Kier alpha value is -1.49. The van der Waals surface area contributed by atoms with Crippen LogP contribution in [0.3, 0.4) is 0 Å². The van der Waals surface area contributed by atoms with E-state index in [-0.39, 0.29) is 0 Å². The van der Waals surface area contributed by atoms with Crippen LogP contribution < -0.4 is 5.32 Å². The summed E-state index contributed by atoms with van der Waals surface area (Å²) < 4.78 is 0.966. The van der Waals surface area contributed by atoms with Gasteiger partial charge < -0.3 is 5.32 Å². The lowest BCUT2D eigenvalue weighted by molar-refractivity contribution is 0.863. The quantitative estimate of drug-likeness (QED) is 0.841. The molecule has 2 aromatic heterocycles. The first kappa shape index (κ1) is 15.9. The Bertz CT molecular complexity index is 596. The van der Waals surface area contributed by atoms with Crippen molar-refractivity contribution in [3.8, 4) is 11.5 Å². The van der Waals surface area contributed by atoms with Crippen molar-refractivity contribution in [1.82, 2.24) is 15.0 Å². The standard InChI is InChI=1S/C16H21BrN4/c1-4-6-12-14(17)16(18-9-5-2)21-15(20-12)13-8-7-11(3)10-19-13/h7-8,10H,4-6,9H2,1-3H3,(H,18,20,21). The van der Waals surface area contributed by atoms with E-state index in [0.29, 0.717) is 5.82 Å². The molecule has 4 nitrogen and oxygen atoms in total. The minimum absolute atomic E-state index is 0.681. The van der Waals surface area contributed by atoms with E-state index >= 15 is 0 Å². The summed E-state index contributed by atoms with van der Waals surface area (Å²) in [6.07, 6.45) is 4.86. The Balaban J connectivity index is 2.44. The van der Waals surface area contributed by atoms with Crippen LogP contribution in [-0.4, -0.2) is 21.5 Å². The van der Waals surface area contributed by atoms with Gasteiger partial charge in [-0.3, -0.25) is 4.98 Å². The molecule has 0 unspecified atom stereocenters. The summed E-state index contributed by atoms with van der Waals surface area (Å²) in [5.41, 5.74) is 2.97. The van der Waals surface area contributed by atoms with Crippen LogP contribution in [0.15, 0.2) is 22.8 Å². The van der Waals surface area contributed by atoms with Gasteiger partial charge in [-0.2, -0.15) is 0 Å². The highest BCUT2D eigenvalue weighted by molar-refractivity contribution is 9.10. The third-order valence-corrected chi connectivity index (χ3v) is 3.92. The highest BCUT2D eigenvalue weighted by Crippen LogP contribution is 2.27. The van der Waals surface area contributed by atoms with Crippen molar-refractivity contribution < 1.29 is 0 Å². The fourth-order valence-corrected chi connectivity index (χ4v) is 2.49. The van der Waals surface area contributed by atoms with Crippen molar-refractivity contribution in [1.29, 1.82) is 0 Å². The molecular formula is C16H21BrN4. The fraction of sp³-hybridized carbons (Fsp3) is 0.438. The van der Waals surface area contributed by atoms with E-state index in [1.807, 2.05) is 25.3 Å². The van der Waals surface area contributed by atoms with Gasteiger partial charge in [0.1, 0.15) is 11.5 Å². The lowest BCUT2D eigenvalue weighted by Gasteiger charge is -2.12. The van der Waals surface area contributed by atoms with Gasteiger partial charge >= 0.3 is 0 Å². The lowest BCUT2D eigenvalue weighted by Crippen LogP contribution is -2.08. The van der Waals surface area contributed by atoms with Gasteiger partial charge in [0, 0.05) is 12.7 Å². The molecule has 2 heterocycles. The van der Waals surface area contributed by atoms with Gasteiger partial charge in [0.15, 0.2) is 5.82 Å². The van der Waals surface area contributed by atoms with Crippen molar-refractivity contribution in [2.75, 3.05) is 11.9 Å². The average Bonchev–Trinajstić information content (AvgIpc) is 2.49. The topological polar surface area (TPSA) is 50.7 Å². The minimum Gasteiger partial charge on any atom is -0.369 e. The summed E-state index contributed by atoms with van der Waals surface area (Å²) in [5, 5.41) is 3.36. The van der Waals surface area contributed by atoms with Crippen LogP contribution >= 0.6 is 15.9 Å². The number of nitrogens with zero attached hydrogens (tertiary/aromatic N) is 3. The van der Waals surface area contributed by atoms with Crippen LogP contribution in [0.1, 0.15) is 37.9 Å². The molecule has 21 heavy (non-hydrogen) atoms. The normalized spacial score (nSPS) is 10.7. The molecule has 1 N–H and O–H groups in total. The maximum atomic E-state index is 4.67. The largest absolute Gasteiger partial charge is 0.369 e. The number of halogens is 1. The van der Waals surface area contributed by atoms with Crippen molar-refractivity contribution in [3.63, 3.8) is 0 Å². The molecule has 0 atom stereocenters. The number of aryl methyl sites for hydroxylation is 2. The van der Waals surface area contributed by atoms with Crippen LogP contribution in [0.2, 0.25) is 0 Å². The molecule has 0 amide bonds. The van der Waals surface area contributed by atoms with Gasteiger partial charge in [-0.05, 0) is 47.3 Å². The molecule has 0 radical (unpaired) electrons. The van der Waals surface area contributed by atoms with Crippen LogP contribution in [0.25, 0.3) is 11.5 Å². The molecule has 2 aromatic rings. The number of hydrogen-bond donors (Lipinski definition) is 1. The van der Waals surface area contributed by atoms with Gasteiger partial charge in [-0.15, -0.1) is 0 Å².